The Morgan fingerprint density at radius 3 is 2.66 bits per heavy atom. The molecule has 0 unspecified atom stereocenters. The third-order valence-electron chi connectivity index (χ3n) is 7.12. The minimum Gasteiger partial charge on any atom is -0.390 e. The van der Waals surface area contributed by atoms with Crippen molar-refractivity contribution in [1.82, 2.24) is 15.2 Å². The van der Waals surface area contributed by atoms with Crippen LogP contribution in [0.2, 0.25) is 0 Å². The summed E-state index contributed by atoms with van der Waals surface area (Å²) in [6.45, 7) is 7.34. The summed E-state index contributed by atoms with van der Waals surface area (Å²) in [6.07, 6.45) is 1.06. The van der Waals surface area contributed by atoms with Crippen molar-refractivity contribution in [1.29, 1.82) is 0 Å². The number of aromatic nitrogens is 3. The second kappa shape index (κ2) is 8.60. The normalized spacial score (nSPS) is 18.2. The summed E-state index contributed by atoms with van der Waals surface area (Å²) in [5.41, 5.74) is 2.64. The van der Waals surface area contributed by atoms with Crippen LogP contribution in [0, 0.1) is 25.1 Å². The highest BCUT2D eigenvalue weighted by Crippen LogP contribution is 2.41. The van der Waals surface area contributed by atoms with Gasteiger partial charge in [0.15, 0.2) is 5.82 Å². The molecule has 2 aliphatic heterocycles. The third kappa shape index (κ3) is 4.08. The molecule has 2 aromatic heterocycles. The van der Waals surface area contributed by atoms with E-state index < -0.39 is 30.0 Å². The van der Waals surface area contributed by atoms with Gasteiger partial charge >= 0.3 is 0 Å². The smallest absolute Gasteiger partial charge is 0.298 e. The first-order chi connectivity index (χ1) is 16.6. The van der Waals surface area contributed by atoms with Gasteiger partial charge in [0.05, 0.1) is 47.4 Å². The molecule has 0 saturated carbocycles. The number of ether oxygens (including phenoxy) is 1. The summed E-state index contributed by atoms with van der Waals surface area (Å²) in [7, 11) is 0. The van der Waals surface area contributed by atoms with Crippen LogP contribution in [-0.2, 0) is 10.7 Å². The van der Waals surface area contributed by atoms with Crippen molar-refractivity contribution in [2.24, 2.45) is 5.41 Å². The molecule has 0 bridgehead atoms. The summed E-state index contributed by atoms with van der Waals surface area (Å²) in [5, 5.41) is 21.4. The molecule has 7 nitrogen and oxygen atoms in total. The molecule has 2 saturated heterocycles. The second-order valence-electron chi connectivity index (χ2n) is 9.72. The van der Waals surface area contributed by atoms with E-state index in [-0.39, 0.29) is 11.0 Å². The van der Waals surface area contributed by atoms with E-state index >= 15 is 4.39 Å². The Morgan fingerprint density at radius 1 is 1.23 bits per heavy atom. The molecule has 1 atom stereocenters. The molecule has 5 rings (SSSR count). The van der Waals surface area contributed by atoms with Crippen LogP contribution in [0.15, 0.2) is 24.3 Å². The van der Waals surface area contributed by atoms with Gasteiger partial charge in [0, 0.05) is 29.5 Å². The second-order valence-corrected chi connectivity index (χ2v) is 9.72. The fourth-order valence-corrected chi connectivity index (χ4v) is 5.01. The molecular formula is C25H28F3N5O2. The molecule has 186 valence electrons. The van der Waals surface area contributed by atoms with Crippen molar-refractivity contribution < 1.29 is 23.0 Å². The first kappa shape index (κ1) is 23.7. The van der Waals surface area contributed by atoms with Crippen LogP contribution in [0.1, 0.15) is 41.9 Å². The van der Waals surface area contributed by atoms with E-state index in [1.807, 2.05) is 19.9 Å². The molecule has 1 aromatic carbocycles. The van der Waals surface area contributed by atoms with Crippen LogP contribution in [-0.4, -0.2) is 53.2 Å². The van der Waals surface area contributed by atoms with Gasteiger partial charge in [0.25, 0.3) is 5.92 Å². The predicted molar refractivity (Wildman–Crippen MR) is 126 cm³/mol. The number of pyridine rings is 1. The molecule has 3 aromatic rings. The Bertz CT molecular complexity index is 1280. The number of alkyl halides is 2. The van der Waals surface area contributed by atoms with Gasteiger partial charge < -0.3 is 20.1 Å². The summed E-state index contributed by atoms with van der Waals surface area (Å²) < 4.78 is 48.5. The summed E-state index contributed by atoms with van der Waals surface area (Å²) in [4.78, 5) is 7.12. The minimum atomic E-state index is -3.68. The number of hydrogen-bond donors (Lipinski definition) is 2. The number of halogens is 3. The van der Waals surface area contributed by atoms with E-state index in [9.17, 15) is 8.78 Å². The number of aryl methyl sites for hydroxylation is 2. The first-order valence-corrected chi connectivity index (χ1v) is 11.7. The maximum absolute atomic E-state index is 15.0. The quantitative estimate of drug-likeness (QED) is 0.538. The van der Waals surface area contributed by atoms with E-state index in [0.29, 0.717) is 17.0 Å². The number of nitrogens with zero attached hydrogens (tertiary/aromatic N) is 4. The Balaban J connectivity index is 1.50. The summed E-state index contributed by atoms with van der Waals surface area (Å²) >= 11 is 0. The summed E-state index contributed by atoms with van der Waals surface area (Å²) in [5.74, 6) is -4.34. The third-order valence-corrected chi connectivity index (χ3v) is 7.12. The van der Waals surface area contributed by atoms with Crippen LogP contribution in [0.25, 0.3) is 10.9 Å². The Labute approximate surface area is 201 Å². The SMILES string of the molecule is Cc1nc2c(C)nnc(N[C@H](C)c3cccc(C(F)(F)CO)c3F)c2cc1N1CCC2(COC2)C1. The van der Waals surface area contributed by atoms with Gasteiger partial charge in [-0.15, -0.1) is 5.10 Å². The fourth-order valence-electron chi connectivity index (χ4n) is 5.01. The van der Waals surface area contributed by atoms with Gasteiger partial charge in [-0.2, -0.15) is 13.9 Å². The number of fused-ring (bicyclic) bond motifs is 1. The van der Waals surface area contributed by atoms with Crippen molar-refractivity contribution in [3.63, 3.8) is 0 Å². The zero-order valence-electron chi connectivity index (χ0n) is 19.9. The lowest BCUT2D eigenvalue weighted by molar-refractivity contribution is -0.0985. The molecule has 0 radical (unpaired) electrons. The largest absolute Gasteiger partial charge is 0.390 e. The van der Waals surface area contributed by atoms with Crippen LogP contribution in [0.3, 0.4) is 0 Å². The molecular weight excluding hydrogens is 459 g/mol. The maximum atomic E-state index is 15.0. The van der Waals surface area contributed by atoms with Gasteiger partial charge in [-0.3, -0.25) is 0 Å². The number of nitrogens with one attached hydrogen (secondary N) is 1. The van der Waals surface area contributed by atoms with Crippen LogP contribution in [0.5, 0.6) is 0 Å². The number of benzene rings is 1. The molecule has 35 heavy (non-hydrogen) atoms. The maximum Gasteiger partial charge on any atom is 0.298 e. The monoisotopic (exact) mass is 487 g/mol. The van der Waals surface area contributed by atoms with Crippen molar-refractivity contribution in [3.8, 4) is 0 Å². The van der Waals surface area contributed by atoms with Crippen molar-refractivity contribution in [2.45, 2.75) is 39.2 Å². The van der Waals surface area contributed by atoms with Crippen LogP contribution >= 0.6 is 0 Å². The Kier molecular flexibility index (Phi) is 5.83. The average molecular weight is 488 g/mol. The van der Waals surface area contributed by atoms with Gasteiger partial charge in [0.2, 0.25) is 0 Å². The topological polar surface area (TPSA) is 83.4 Å². The van der Waals surface area contributed by atoms with E-state index in [0.717, 1.165) is 55.6 Å². The number of anilines is 2. The zero-order chi connectivity index (χ0) is 25.0. The highest BCUT2D eigenvalue weighted by Gasteiger charge is 2.45. The number of hydrogen-bond acceptors (Lipinski definition) is 7. The van der Waals surface area contributed by atoms with Gasteiger partial charge in [-0.1, -0.05) is 12.1 Å². The lowest BCUT2D eigenvalue weighted by atomic mass is 9.85. The van der Waals surface area contributed by atoms with Gasteiger partial charge in [-0.05, 0) is 39.3 Å². The number of aliphatic hydroxyl groups is 1. The van der Waals surface area contributed by atoms with Crippen molar-refractivity contribution in [2.75, 3.05) is 43.1 Å². The highest BCUT2D eigenvalue weighted by molar-refractivity contribution is 5.93. The molecule has 1 spiro atoms. The van der Waals surface area contributed by atoms with Gasteiger partial charge in [-0.25, -0.2) is 9.37 Å². The molecule has 0 amide bonds. The van der Waals surface area contributed by atoms with E-state index in [2.05, 4.69) is 20.4 Å². The Hall–Kier alpha value is -2.98. The minimum absolute atomic E-state index is 0.0397. The lowest BCUT2D eigenvalue weighted by Gasteiger charge is -2.38. The molecule has 4 heterocycles. The van der Waals surface area contributed by atoms with Crippen LogP contribution < -0.4 is 10.2 Å². The summed E-state index contributed by atoms with van der Waals surface area (Å²) in [6, 6.07) is 5.10. The number of rotatable bonds is 6. The molecule has 2 fully saturated rings. The molecule has 2 aliphatic rings. The molecule has 0 aliphatic carbocycles. The molecule has 2 N–H and O–H groups in total. The van der Waals surface area contributed by atoms with E-state index in [4.69, 9.17) is 14.8 Å². The van der Waals surface area contributed by atoms with Crippen molar-refractivity contribution in [3.05, 3.63) is 52.6 Å². The van der Waals surface area contributed by atoms with E-state index in [1.165, 1.54) is 12.1 Å². The zero-order valence-corrected chi connectivity index (χ0v) is 19.9. The highest BCUT2D eigenvalue weighted by atomic mass is 19.3. The van der Waals surface area contributed by atoms with Crippen molar-refractivity contribution >= 4 is 22.4 Å². The Morgan fingerprint density at radius 2 is 2.00 bits per heavy atom. The first-order valence-electron chi connectivity index (χ1n) is 11.7. The van der Waals surface area contributed by atoms with Crippen LogP contribution in [0.4, 0.5) is 24.7 Å². The predicted octanol–water partition coefficient (Wildman–Crippen LogP) is 4.26. The van der Waals surface area contributed by atoms with Gasteiger partial charge in [0.1, 0.15) is 12.4 Å². The molecule has 10 heteroatoms. The standard InChI is InChI=1S/C25H28F3N5O2/c1-14(17-5-4-6-19(21(17)26)25(27,28)11-34)30-23-18-9-20(15(2)29-22(18)16(3)31-32-23)33-8-7-24(10-33)12-35-13-24/h4-6,9,14,34H,7-8,10-13H2,1-3H3,(H,30,32)/t14-/m1/s1. The lowest BCUT2D eigenvalue weighted by Crippen LogP contribution is -2.44. The fraction of sp³-hybridized carbons (Fsp3) is 0.480. The average Bonchev–Trinajstić information content (AvgIpc) is 3.27. The number of aliphatic hydroxyl groups excluding tert-OH is 1. The van der Waals surface area contributed by atoms with E-state index in [1.54, 1.807) is 6.92 Å².